The lowest BCUT2D eigenvalue weighted by Crippen LogP contribution is -2.31. The number of thioether (sulfide) groups is 1. The first kappa shape index (κ1) is 26.4. The molecule has 0 unspecified atom stereocenters. The number of rotatable bonds is 9. The van der Waals surface area contributed by atoms with Crippen molar-refractivity contribution < 1.29 is 18.3 Å². The summed E-state index contributed by atoms with van der Waals surface area (Å²) in [5.74, 6) is -0.841. The lowest BCUT2D eigenvalue weighted by molar-refractivity contribution is -0.118. The number of benzene rings is 2. The molecule has 200 valence electrons. The Balaban J connectivity index is 1.47. The molecule has 0 aliphatic carbocycles. The minimum absolute atomic E-state index is 0.130. The highest BCUT2D eigenvalue weighted by Gasteiger charge is 2.23. The van der Waals surface area contributed by atoms with Crippen LogP contribution >= 0.6 is 11.8 Å². The molecule has 0 bridgehead atoms. The predicted molar refractivity (Wildman–Crippen MR) is 147 cm³/mol. The summed E-state index contributed by atoms with van der Waals surface area (Å²) in [6.07, 6.45) is 4.13. The minimum atomic E-state index is -1.05. The van der Waals surface area contributed by atoms with E-state index in [2.05, 4.69) is 45.2 Å². The zero-order valence-corrected chi connectivity index (χ0v) is 22.2. The summed E-state index contributed by atoms with van der Waals surface area (Å²) >= 11 is 1.80. The molecule has 3 heterocycles. The van der Waals surface area contributed by atoms with Gasteiger partial charge in [-0.1, -0.05) is 18.7 Å². The van der Waals surface area contributed by atoms with Crippen molar-refractivity contribution in [2.75, 3.05) is 44.4 Å². The van der Waals surface area contributed by atoms with E-state index < -0.39 is 11.7 Å². The van der Waals surface area contributed by atoms with Crippen LogP contribution < -0.4 is 15.4 Å². The van der Waals surface area contributed by atoms with Crippen molar-refractivity contribution in [2.45, 2.75) is 36.6 Å². The maximum Gasteiger partial charge on any atom is 0.318 e. The Bertz CT molecular complexity index is 1370. The van der Waals surface area contributed by atoms with Crippen LogP contribution in [0.25, 0.3) is 22.0 Å². The molecular formula is C28H31F2N5O2S. The van der Waals surface area contributed by atoms with Gasteiger partial charge in [-0.2, -0.15) is 9.97 Å². The van der Waals surface area contributed by atoms with Gasteiger partial charge >= 0.3 is 6.01 Å². The average Bonchev–Trinajstić information content (AvgIpc) is 3.33. The molecule has 2 N–H and O–H groups in total. The minimum Gasteiger partial charge on any atom is -0.462 e. The van der Waals surface area contributed by atoms with Crippen LogP contribution in [0.3, 0.4) is 0 Å². The van der Waals surface area contributed by atoms with Gasteiger partial charge in [0.2, 0.25) is 0 Å². The number of amides is 1. The average molecular weight is 540 g/mol. The van der Waals surface area contributed by atoms with Crippen molar-refractivity contribution in [3.8, 4) is 17.1 Å². The van der Waals surface area contributed by atoms with Gasteiger partial charge in [0.1, 0.15) is 18.2 Å². The quantitative estimate of drug-likeness (QED) is 0.294. The molecule has 10 heteroatoms. The number of nitrogens with one attached hydrogen (secondary N) is 2. The second-order valence-corrected chi connectivity index (χ2v) is 10.8. The van der Waals surface area contributed by atoms with Gasteiger partial charge in [0, 0.05) is 35.0 Å². The van der Waals surface area contributed by atoms with Crippen LogP contribution in [-0.4, -0.2) is 65.9 Å². The van der Waals surface area contributed by atoms with Crippen LogP contribution in [0, 0.1) is 5.82 Å². The van der Waals surface area contributed by atoms with Gasteiger partial charge in [-0.05, 0) is 74.4 Å². The van der Waals surface area contributed by atoms with Crippen molar-refractivity contribution in [3.63, 3.8) is 0 Å². The van der Waals surface area contributed by atoms with Gasteiger partial charge in [0.15, 0.2) is 5.83 Å². The monoisotopic (exact) mass is 539 g/mol. The Morgan fingerprint density at radius 1 is 1.24 bits per heavy atom. The standard InChI is InChI=1S/C28H31F2N5O2S/c1-17(29)27(36)32-11-10-31-26-22-14-23(30)21(19-7-3-9-25-20(19)8-5-13-38-25)15-24(22)33-28(34-26)37-16-18-6-4-12-35(18)2/h3,7,9,14-15,18H,1,4-6,8,10-13,16H2,2H3,(H,32,36)(H,31,33,34)/t18-/m0/s1. The van der Waals surface area contributed by atoms with Crippen LogP contribution in [0.1, 0.15) is 24.8 Å². The number of hydrogen-bond acceptors (Lipinski definition) is 7. The molecular weight excluding hydrogens is 508 g/mol. The summed E-state index contributed by atoms with van der Waals surface area (Å²) in [4.78, 5) is 24.1. The van der Waals surface area contributed by atoms with Crippen LogP contribution in [0.2, 0.25) is 0 Å². The zero-order valence-electron chi connectivity index (χ0n) is 21.4. The van der Waals surface area contributed by atoms with Crippen molar-refractivity contribution >= 4 is 34.4 Å². The van der Waals surface area contributed by atoms with Crippen molar-refractivity contribution in [3.05, 3.63) is 54.1 Å². The summed E-state index contributed by atoms with van der Waals surface area (Å²) in [5, 5.41) is 6.04. The SMILES string of the molecule is C=C(F)C(=O)NCCNc1nc(OC[C@@H]2CCCN2C)nc2cc(-c3cccc4c3CCCS4)c(F)cc12. The number of likely N-dealkylation sites (N-methyl/N-ethyl adjacent to an activating group) is 1. The second-order valence-electron chi connectivity index (χ2n) is 9.61. The van der Waals surface area contributed by atoms with Gasteiger partial charge in [0.25, 0.3) is 5.91 Å². The fourth-order valence-electron chi connectivity index (χ4n) is 4.99. The van der Waals surface area contributed by atoms with E-state index in [1.54, 1.807) is 17.8 Å². The third-order valence-corrected chi connectivity index (χ3v) is 8.23. The van der Waals surface area contributed by atoms with Gasteiger partial charge in [-0.25, -0.2) is 8.78 Å². The fraction of sp³-hybridized carbons (Fsp3) is 0.393. The number of fused-ring (bicyclic) bond motifs is 2. The Kier molecular flexibility index (Phi) is 8.09. The molecule has 0 radical (unpaired) electrons. The molecule has 2 aromatic carbocycles. The van der Waals surface area contributed by atoms with E-state index in [-0.39, 0.29) is 31.0 Å². The Morgan fingerprint density at radius 2 is 2.11 bits per heavy atom. The largest absolute Gasteiger partial charge is 0.462 e. The number of halogens is 2. The molecule has 5 rings (SSSR count). The lowest BCUT2D eigenvalue weighted by atomic mass is 9.95. The first-order chi connectivity index (χ1) is 18.4. The molecule has 1 saturated heterocycles. The van der Waals surface area contributed by atoms with Gasteiger partial charge in [-0.3, -0.25) is 4.79 Å². The van der Waals surface area contributed by atoms with E-state index in [1.165, 1.54) is 16.5 Å². The van der Waals surface area contributed by atoms with Crippen LogP contribution in [0.15, 0.2) is 47.6 Å². The van der Waals surface area contributed by atoms with Crippen LogP contribution in [-0.2, 0) is 11.2 Å². The molecule has 1 atom stereocenters. The van der Waals surface area contributed by atoms with E-state index in [9.17, 15) is 9.18 Å². The van der Waals surface area contributed by atoms with Gasteiger partial charge < -0.3 is 20.3 Å². The fourth-order valence-corrected chi connectivity index (χ4v) is 6.06. The summed E-state index contributed by atoms with van der Waals surface area (Å²) in [5.41, 5.74) is 3.10. The van der Waals surface area contributed by atoms with Crippen LogP contribution in [0.5, 0.6) is 6.01 Å². The number of carbonyl (C=O) groups excluding carboxylic acids is 1. The van der Waals surface area contributed by atoms with Gasteiger partial charge in [0.05, 0.1) is 5.52 Å². The van der Waals surface area contributed by atoms with E-state index in [0.29, 0.717) is 28.9 Å². The number of hydrogen-bond donors (Lipinski definition) is 2. The highest BCUT2D eigenvalue weighted by Crippen LogP contribution is 2.39. The smallest absolute Gasteiger partial charge is 0.318 e. The number of aromatic nitrogens is 2. The number of anilines is 1. The van der Waals surface area contributed by atoms with Crippen LogP contribution in [0.4, 0.5) is 14.6 Å². The third kappa shape index (κ3) is 5.76. The first-order valence-electron chi connectivity index (χ1n) is 12.9. The number of likely N-dealkylation sites (tertiary alicyclic amines) is 1. The molecule has 3 aromatic rings. The molecule has 1 amide bonds. The molecule has 38 heavy (non-hydrogen) atoms. The number of nitrogens with zero attached hydrogens (tertiary/aromatic N) is 3. The molecule has 0 saturated carbocycles. The predicted octanol–water partition coefficient (Wildman–Crippen LogP) is 4.96. The van der Waals surface area contributed by atoms with E-state index in [4.69, 9.17) is 4.74 Å². The summed E-state index contributed by atoms with van der Waals surface area (Å²) in [6, 6.07) is 9.71. The van der Waals surface area contributed by atoms with E-state index in [0.717, 1.165) is 43.5 Å². The Hall–Kier alpha value is -3.24. The van der Waals surface area contributed by atoms with E-state index >= 15 is 4.39 Å². The van der Waals surface area contributed by atoms with Crippen molar-refractivity contribution in [1.29, 1.82) is 0 Å². The van der Waals surface area contributed by atoms with E-state index in [1.807, 2.05) is 12.1 Å². The Labute approximate surface area is 225 Å². The molecule has 1 fully saturated rings. The highest BCUT2D eigenvalue weighted by molar-refractivity contribution is 7.99. The topological polar surface area (TPSA) is 79.4 Å². The molecule has 0 spiro atoms. The molecule has 2 aliphatic heterocycles. The third-order valence-electron chi connectivity index (χ3n) is 7.04. The zero-order chi connectivity index (χ0) is 26.6. The normalized spacial score (nSPS) is 17.3. The lowest BCUT2D eigenvalue weighted by Gasteiger charge is -2.20. The highest BCUT2D eigenvalue weighted by atomic mass is 32.2. The summed E-state index contributed by atoms with van der Waals surface area (Å²) in [6.45, 7) is 4.84. The summed E-state index contributed by atoms with van der Waals surface area (Å²) in [7, 11) is 2.07. The van der Waals surface area contributed by atoms with Crippen molar-refractivity contribution in [2.24, 2.45) is 0 Å². The number of carbonyl (C=O) groups is 1. The second kappa shape index (κ2) is 11.7. The number of ether oxygens (including phenoxy) is 1. The Morgan fingerprint density at radius 3 is 2.89 bits per heavy atom. The molecule has 7 nitrogen and oxygen atoms in total. The van der Waals surface area contributed by atoms with Crippen molar-refractivity contribution in [1.82, 2.24) is 20.2 Å². The molecule has 2 aliphatic rings. The maximum atomic E-state index is 15.6. The van der Waals surface area contributed by atoms with Gasteiger partial charge in [-0.15, -0.1) is 11.8 Å². The first-order valence-corrected chi connectivity index (χ1v) is 13.8. The molecule has 1 aromatic heterocycles. The summed E-state index contributed by atoms with van der Waals surface area (Å²) < 4.78 is 34.6. The maximum absolute atomic E-state index is 15.6.